The number of nitrogens with one attached hydrogen (secondary N) is 1. The molecule has 108 valence electrons. The molecule has 0 saturated carbocycles. The number of phenols is 1. The van der Waals surface area contributed by atoms with Crippen molar-refractivity contribution < 1.29 is 19.6 Å². The number of carbonyl (C=O) groups excluding carboxylic acids is 1. The van der Waals surface area contributed by atoms with Gasteiger partial charge in [0.1, 0.15) is 0 Å². The van der Waals surface area contributed by atoms with E-state index in [1.165, 1.54) is 6.07 Å². The highest BCUT2D eigenvalue weighted by atomic mass is 16.6. The summed E-state index contributed by atoms with van der Waals surface area (Å²) in [6.07, 6.45) is 0.896. The number of nitro benzene ring substituents is 1. The van der Waals surface area contributed by atoms with E-state index in [1.54, 1.807) is 0 Å². The molecule has 1 aromatic carbocycles. The molecule has 2 atom stereocenters. The van der Waals surface area contributed by atoms with Crippen LogP contribution in [0.1, 0.15) is 23.7 Å². The maximum absolute atomic E-state index is 12.0. The van der Waals surface area contributed by atoms with Crippen molar-refractivity contribution in [1.82, 2.24) is 5.32 Å². The van der Waals surface area contributed by atoms with Crippen molar-refractivity contribution in [3.05, 3.63) is 33.9 Å². The van der Waals surface area contributed by atoms with Gasteiger partial charge in [0.15, 0.2) is 5.75 Å². The van der Waals surface area contributed by atoms with E-state index in [0.29, 0.717) is 13.2 Å². The van der Waals surface area contributed by atoms with Crippen LogP contribution in [-0.2, 0) is 4.74 Å². The van der Waals surface area contributed by atoms with Crippen molar-refractivity contribution in [1.29, 1.82) is 0 Å². The zero-order valence-corrected chi connectivity index (χ0v) is 11.0. The Morgan fingerprint density at radius 3 is 2.90 bits per heavy atom. The zero-order chi connectivity index (χ0) is 14.7. The molecule has 7 nitrogen and oxygen atoms in total. The van der Waals surface area contributed by atoms with Gasteiger partial charge in [0, 0.05) is 30.2 Å². The molecule has 20 heavy (non-hydrogen) atoms. The summed E-state index contributed by atoms with van der Waals surface area (Å²) in [5.74, 6) is -0.611. The number of nitro groups is 1. The van der Waals surface area contributed by atoms with Crippen molar-refractivity contribution in [2.45, 2.75) is 19.4 Å². The summed E-state index contributed by atoms with van der Waals surface area (Å²) in [7, 11) is 0. The average Bonchev–Trinajstić information content (AvgIpc) is 2.91. The van der Waals surface area contributed by atoms with Gasteiger partial charge in [-0.05, 0) is 25.5 Å². The highest BCUT2D eigenvalue weighted by Gasteiger charge is 2.24. The molecule has 0 aliphatic carbocycles. The van der Waals surface area contributed by atoms with Crippen LogP contribution in [0.3, 0.4) is 0 Å². The van der Waals surface area contributed by atoms with Gasteiger partial charge < -0.3 is 15.2 Å². The lowest BCUT2D eigenvalue weighted by molar-refractivity contribution is -0.385. The van der Waals surface area contributed by atoms with E-state index in [9.17, 15) is 20.0 Å². The summed E-state index contributed by atoms with van der Waals surface area (Å²) >= 11 is 0. The highest BCUT2D eigenvalue weighted by molar-refractivity contribution is 5.95. The third-order valence-electron chi connectivity index (χ3n) is 3.47. The number of ether oxygens (including phenoxy) is 1. The summed E-state index contributed by atoms with van der Waals surface area (Å²) in [4.78, 5) is 21.9. The first-order chi connectivity index (χ1) is 9.49. The molecule has 0 bridgehead atoms. The minimum atomic E-state index is -0.699. The molecule has 0 radical (unpaired) electrons. The molecule has 1 aromatic rings. The Balaban J connectivity index is 2.05. The summed E-state index contributed by atoms with van der Waals surface area (Å²) in [6, 6.07) is 3.49. The Labute approximate surface area is 115 Å². The molecule has 2 N–H and O–H groups in total. The van der Waals surface area contributed by atoms with Gasteiger partial charge >= 0.3 is 5.69 Å². The molecule has 1 heterocycles. The molecule has 1 aliphatic heterocycles. The van der Waals surface area contributed by atoms with Crippen molar-refractivity contribution >= 4 is 11.6 Å². The minimum absolute atomic E-state index is 0.0534. The van der Waals surface area contributed by atoms with Crippen LogP contribution in [0.4, 0.5) is 5.69 Å². The lowest BCUT2D eigenvalue weighted by Crippen LogP contribution is -2.38. The third-order valence-corrected chi connectivity index (χ3v) is 3.47. The first-order valence-electron chi connectivity index (χ1n) is 6.35. The lowest BCUT2D eigenvalue weighted by atomic mass is 10.0. The average molecular weight is 280 g/mol. The second-order valence-corrected chi connectivity index (χ2v) is 4.85. The van der Waals surface area contributed by atoms with Crippen LogP contribution in [0.15, 0.2) is 18.2 Å². The van der Waals surface area contributed by atoms with Crippen molar-refractivity contribution in [3.8, 4) is 5.75 Å². The maximum atomic E-state index is 12.0. The van der Waals surface area contributed by atoms with Gasteiger partial charge in [-0.15, -0.1) is 0 Å². The summed E-state index contributed by atoms with van der Waals surface area (Å²) < 4.78 is 5.26. The Morgan fingerprint density at radius 1 is 1.60 bits per heavy atom. The predicted molar refractivity (Wildman–Crippen MR) is 70.6 cm³/mol. The molecule has 0 aromatic heterocycles. The smallest absolute Gasteiger partial charge is 0.310 e. The van der Waals surface area contributed by atoms with Gasteiger partial charge in [0.05, 0.1) is 11.5 Å². The Hall–Kier alpha value is -2.15. The fraction of sp³-hybridized carbons (Fsp3) is 0.462. The number of nitrogens with zero attached hydrogens (tertiary/aromatic N) is 1. The van der Waals surface area contributed by atoms with E-state index in [2.05, 4.69) is 5.32 Å². The number of aromatic hydroxyl groups is 1. The largest absolute Gasteiger partial charge is 0.502 e. The number of hydrogen-bond donors (Lipinski definition) is 2. The molecule has 1 saturated heterocycles. The number of hydrogen-bond acceptors (Lipinski definition) is 5. The SMILES string of the molecule is C[C@@H](NC(=O)c1ccc([N+](=O)[O-])c(O)c1)[C@H]1CCOC1. The van der Waals surface area contributed by atoms with E-state index in [4.69, 9.17) is 4.74 Å². The molecular formula is C13H16N2O5. The van der Waals surface area contributed by atoms with E-state index in [0.717, 1.165) is 18.6 Å². The predicted octanol–water partition coefficient (Wildman–Crippen LogP) is 1.46. The molecule has 1 amide bonds. The number of benzene rings is 1. The monoisotopic (exact) mass is 280 g/mol. The van der Waals surface area contributed by atoms with Crippen LogP contribution >= 0.6 is 0 Å². The number of phenolic OH excluding ortho intramolecular Hbond substituents is 1. The van der Waals surface area contributed by atoms with Gasteiger partial charge in [-0.25, -0.2) is 0 Å². The van der Waals surface area contributed by atoms with Crippen LogP contribution in [-0.4, -0.2) is 35.2 Å². The lowest BCUT2D eigenvalue weighted by Gasteiger charge is -2.19. The quantitative estimate of drug-likeness (QED) is 0.642. The van der Waals surface area contributed by atoms with Crippen LogP contribution < -0.4 is 5.32 Å². The van der Waals surface area contributed by atoms with E-state index < -0.39 is 16.4 Å². The van der Waals surface area contributed by atoms with E-state index >= 15 is 0 Å². The molecule has 1 aliphatic rings. The standard InChI is InChI=1S/C13H16N2O5/c1-8(10-4-5-20-7-10)14-13(17)9-2-3-11(15(18)19)12(16)6-9/h2-3,6,8,10,16H,4-5,7H2,1H3,(H,14,17)/t8-,10+/m1/s1. The fourth-order valence-electron chi connectivity index (χ4n) is 2.17. The fourth-order valence-corrected chi connectivity index (χ4v) is 2.17. The summed E-state index contributed by atoms with van der Waals surface area (Å²) in [6.45, 7) is 3.21. The normalized spacial score (nSPS) is 19.6. The van der Waals surface area contributed by atoms with E-state index in [1.807, 2.05) is 6.92 Å². The Kier molecular flexibility index (Phi) is 4.19. The van der Waals surface area contributed by atoms with Gasteiger partial charge in [0.25, 0.3) is 5.91 Å². The third kappa shape index (κ3) is 3.05. The van der Waals surface area contributed by atoms with Crippen LogP contribution in [0.2, 0.25) is 0 Å². The van der Waals surface area contributed by atoms with Crippen molar-refractivity contribution in [2.24, 2.45) is 5.92 Å². The summed E-state index contributed by atoms with van der Waals surface area (Å²) in [5, 5.41) is 22.9. The van der Waals surface area contributed by atoms with Gasteiger partial charge in [-0.1, -0.05) is 0 Å². The van der Waals surface area contributed by atoms with Gasteiger partial charge in [-0.3, -0.25) is 14.9 Å². The second-order valence-electron chi connectivity index (χ2n) is 4.85. The topological polar surface area (TPSA) is 102 Å². The zero-order valence-electron chi connectivity index (χ0n) is 11.0. The van der Waals surface area contributed by atoms with Gasteiger partial charge in [0.2, 0.25) is 0 Å². The van der Waals surface area contributed by atoms with Gasteiger partial charge in [-0.2, -0.15) is 0 Å². The first kappa shape index (κ1) is 14.3. The summed E-state index contributed by atoms with van der Waals surface area (Å²) in [5.41, 5.74) is -0.224. The first-order valence-corrected chi connectivity index (χ1v) is 6.35. The Morgan fingerprint density at radius 2 is 2.35 bits per heavy atom. The second kappa shape index (κ2) is 5.87. The minimum Gasteiger partial charge on any atom is -0.502 e. The highest BCUT2D eigenvalue weighted by Crippen LogP contribution is 2.26. The molecule has 7 heteroatoms. The molecular weight excluding hydrogens is 264 g/mol. The molecule has 0 spiro atoms. The number of carbonyl (C=O) groups is 1. The number of rotatable bonds is 4. The van der Waals surface area contributed by atoms with Crippen LogP contribution in [0.5, 0.6) is 5.75 Å². The Bertz CT molecular complexity index is 525. The molecule has 0 unspecified atom stereocenters. The number of amides is 1. The van der Waals surface area contributed by atoms with Crippen LogP contribution in [0, 0.1) is 16.0 Å². The molecule has 1 fully saturated rings. The molecule has 2 rings (SSSR count). The van der Waals surface area contributed by atoms with Crippen molar-refractivity contribution in [3.63, 3.8) is 0 Å². The van der Waals surface area contributed by atoms with Crippen molar-refractivity contribution in [2.75, 3.05) is 13.2 Å². The maximum Gasteiger partial charge on any atom is 0.310 e. The van der Waals surface area contributed by atoms with Crippen LogP contribution in [0.25, 0.3) is 0 Å². The van der Waals surface area contributed by atoms with E-state index in [-0.39, 0.29) is 23.4 Å².